The number of hydrogen-bond donors (Lipinski definition) is 2. The SMILES string of the molecule is COc1ccc(C(=O)NCCN2CCN(C(=O)Cc3[nH]nc4ccccc34)CC2)cc1. The predicted octanol–water partition coefficient (Wildman–Crippen LogP) is 1.69. The summed E-state index contributed by atoms with van der Waals surface area (Å²) in [5.41, 5.74) is 2.36. The lowest BCUT2D eigenvalue weighted by Crippen LogP contribution is -2.50. The van der Waals surface area contributed by atoms with Gasteiger partial charge in [0.1, 0.15) is 5.75 Å². The Bertz CT molecular complexity index is 1040. The van der Waals surface area contributed by atoms with Crippen LogP contribution in [-0.4, -0.2) is 78.2 Å². The minimum absolute atomic E-state index is 0.0942. The number of nitrogens with one attached hydrogen (secondary N) is 2. The van der Waals surface area contributed by atoms with Crippen molar-refractivity contribution in [3.8, 4) is 5.75 Å². The predicted molar refractivity (Wildman–Crippen MR) is 118 cm³/mol. The molecule has 0 unspecified atom stereocenters. The normalized spacial score (nSPS) is 14.5. The van der Waals surface area contributed by atoms with Gasteiger partial charge in [-0.25, -0.2) is 0 Å². The number of methoxy groups -OCH3 is 1. The van der Waals surface area contributed by atoms with Crippen molar-refractivity contribution in [2.75, 3.05) is 46.4 Å². The number of hydrogen-bond acceptors (Lipinski definition) is 5. The molecule has 2 amide bonds. The van der Waals surface area contributed by atoms with E-state index < -0.39 is 0 Å². The van der Waals surface area contributed by atoms with Gasteiger partial charge in [-0.2, -0.15) is 5.10 Å². The van der Waals surface area contributed by atoms with Gasteiger partial charge in [-0.3, -0.25) is 19.6 Å². The van der Waals surface area contributed by atoms with Crippen LogP contribution < -0.4 is 10.1 Å². The molecule has 0 atom stereocenters. The molecule has 1 aromatic heterocycles. The molecule has 3 aromatic rings. The van der Waals surface area contributed by atoms with Gasteiger partial charge in [-0.05, 0) is 30.3 Å². The fraction of sp³-hybridized carbons (Fsp3) is 0.348. The number of H-pyrrole nitrogens is 1. The number of amides is 2. The van der Waals surface area contributed by atoms with Crippen molar-refractivity contribution in [2.45, 2.75) is 6.42 Å². The van der Waals surface area contributed by atoms with Crippen molar-refractivity contribution in [1.82, 2.24) is 25.3 Å². The number of nitrogens with zero attached hydrogens (tertiary/aromatic N) is 3. The molecule has 2 heterocycles. The van der Waals surface area contributed by atoms with Crippen molar-refractivity contribution in [3.63, 3.8) is 0 Å². The van der Waals surface area contributed by atoms with Crippen LogP contribution in [0.4, 0.5) is 0 Å². The molecule has 0 bridgehead atoms. The molecule has 8 heteroatoms. The molecule has 1 fully saturated rings. The van der Waals surface area contributed by atoms with Gasteiger partial charge in [0.05, 0.1) is 24.7 Å². The van der Waals surface area contributed by atoms with E-state index in [9.17, 15) is 9.59 Å². The third kappa shape index (κ3) is 5.03. The highest BCUT2D eigenvalue weighted by Gasteiger charge is 2.22. The molecule has 162 valence electrons. The Kier molecular flexibility index (Phi) is 6.47. The number of aromatic amines is 1. The van der Waals surface area contributed by atoms with Gasteiger partial charge in [0, 0.05) is 50.2 Å². The molecule has 2 aromatic carbocycles. The summed E-state index contributed by atoms with van der Waals surface area (Å²) in [7, 11) is 1.60. The number of aromatic nitrogens is 2. The van der Waals surface area contributed by atoms with Gasteiger partial charge < -0.3 is 15.0 Å². The molecule has 2 N–H and O–H groups in total. The van der Waals surface area contributed by atoms with Gasteiger partial charge in [-0.1, -0.05) is 18.2 Å². The van der Waals surface area contributed by atoms with Crippen molar-refractivity contribution in [2.24, 2.45) is 0 Å². The molecule has 0 radical (unpaired) electrons. The second kappa shape index (κ2) is 9.61. The fourth-order valence-electron chi connectivity index (χ4n) is 3.80. The number of rotatable bonds is 7. The molecular weight excluding hydrogens is 394 g/mol. The lowest BCUT2D eigenvalue weighted by atomic mass is 10.1. The first kappa shape index (κ1) is 20.9. The van der Waals surface area contributed by atoms with Crippen LogP contribution in [0.1, 0.15) is 16.1 Å². The molecule has 1 saturated heterocycles. The fourth-order valence-corrected chi connectivity index (χ4v) is 3.80. The zero-order chi connectivity index (χ0) is 21.6. The van der Waals surface area contributed by atoms with Gasteiger partial charge in [0.15, 0.2) is 0 Å². The minimum Gasteiger partial charge on any atom is -0.497 e. The largest absolute Gasteiger partial charge is 0.497 e. The molecule has 1 aliphatic rings. The number of piperazine rings is 1. The number of ether oxygens (including phenoxy) is 1. The van der Waals surface area contributed by atoms with E-state index in [2.05, 4.69) is 20.4 Å². The van der Waals surface area contributed by atoms with Crippen molar-refractivity contribution >= 4 is 22.7 Å². The summed E-state index contributed by atoms with van der Waals surface area (Å²) < 4.78 is 5.11. The second-order valence-electron chi connectivity index (χ2n) is 7.60. The quantitative estimate of drug-likeness (QED) is 0.606. The molecule has 0 saturated carbocycles. The summed E-state index contributed by atoms with van der Waals surface area (Å²) in [6.07, 6.45) is 0.332. The van der Waals surface area contributed by atoms with E-state index in [0.717, 1.165) is 42.0 Å². The van der Waals surface area contributed by atoms with Crippen LogP contribution in [0.3, 0.4) is 0 Å². The Labute approximate surface area is 181 Å². The Morgan fingerprint density at radius 1 is 1.06 bits per heavy atom. The summed E-state index contributed by atoms with van der Waals surface area (Å²) in [5.74, 6) is 0.745. The monoisotopic (exact) mass is 421 g/mol. The van der Waals surface area contributed by atoms with Crippen LogP contribution in [-0.2, 0) is 11.2 Å². The summed E-state index contributed by atoms with van der Waals surface area (Å²) in [5, 5.41) is 11.2. The number of para-hydroxylation sites is 1. The average Bonchev–Trinajstić information content (AvgIpc) is 3.22. The third-order valence-electron chi connectivity index (χ3n) is 5.66. The molecule has 8 nitrogen and oxygen atoms in total. The molecular formula is C23H27N5O3. The number of carbonyl (C=O) groups excluding carboxylic acids is 2. The van der Waals surface area contributed by atoms with Crippen LogP contribution in [0.15, 0.2) is 48.5 Å². The van der Waals surface area contributed by atoms with E-state index in [1.165, 1.54) is 0 Å². The maximum Gasteiger partial charge on any atom is 0.251 e. The summed E-state index contributed by atoms with van der Waals surface area (Å²) >= 11 is 0. The van der Waals surface area contributed by atoms with E-state index in [1.54, 1.807) is 31.4 Å². The standard InChI is InChI=1S/C23H27N5O3/c1-31-18-8-6-17(7-9-18)23(30)24-10-11-27-12-14-28(15-13-27)22(29)16-21-19-4-2-3-5-20(19)25-26-21/h2-9H,10-16H2,1H3,(H,24,30)(H,25,26). The first-order chi connectivity index (χ1) is 15.1. The van der Waals surface area contributed by atoms with E-state index in [1.807, 2.05) is 29.2 Å². The molecule has 0 spiro atoms. The van der Waals surface area contributed by atoms with E-state index >= 15 is 0 Å². The van der Waals surface area contributed by atoms with Crippen molar-refractivity contribution in [1.29, 1.82) is 0 Å². The van der Waals surface area contributed by atoms with Gasteiger partial charge in [0.25, 0.3) is 5.91 Å². The van der Waals surface area contributed by atoms with Gasteiger partial charge in [-0.15, -0.1) is 0 Å². The summed E-state index contributed by atoms with van der Waals surface area (Å²) in [6, 6.07) is 14.9. The maximum atomic E-state index is 12.7. The Morgan fingerprint density at radius 3 is 2.55 bits per heavy atom. The van der Waals surface area contributed by atoms with Crippen molar-refractivity contribution < 1.29 is 14.3 Å². The van der Waals surface area contributed by atoms with E-state index in [-0.39, 0.29) is 11.8 Å². The van der Waals surface area contributed by atoms with E-state index in [4.69, 9.17) is 4.74 Å². The third-order valence-corrected chi connectivity index (χ3v) is 5.66. The Hall–Kier alpha value is -3.39. The van der Waals surface area contributed by atoms with Crippen LogP contribution >= 0.6 is 0 Å². The molecule has 4 rings (SSSR count). The number of benzene rings is 2. The average molecular weight is 422 g/mol. The topological polar surface area (TPSA) is 90.6 Å². The molecule has 0 aliphatic carbocycles. The number of fused-ring (bicyclic) bond motifs is 1. The Morgan fingerprint density at radius 2 is 1.81 bits per heavy atom. The summed E-state index contributed by atoms with van der Waals surface area (Å²) in [6.45, 7) is 4.31. The van der Waals surface area contributed by atoms with E-state index in [0.29, 0.717) is 31.6 Å². The smallest absolute Gasteiger partial charge is 0.251 e. The van der Waals surface area contributed by atoms with Gasteiger partial charge in [0.2, 0.25) is 5.91 Å². The lowest BCUT2D eigenvalue weighted by Gasteiger charge is -2.34. The first-order valence-electron chi connectivity index (χ1n) is 10.5. The minimum atomic E-state index is -0.0942. The van der Waals surface area contributed by atoms with Crippen LogP contribution in [0, 0.1) is 0 Å². The second-order valence-corrected chi connectivity index (χ2v) is 7.60. The zero-order valence-corrected chi connectivity index (χ0v) is 17.6. The maximum absolute atomic E-state index is 12.7. The van der Waals surface area contributed by atoms with Gasteiger partial charge >= 0.3 is 0 Å². The highest BCUT2D eigenvalue weighted by molar-refractivity contribution is 5.94. The highest BCUT2D eigenvalue weighted by Crippen LogP contribution is 2.16. The number of carbonyl (C=O) groups is 2. The van der Waals surface area contributed by atoms with Crippen LogP contribution in [0.2, 0.25) is 0 Å². The Balaban J connectivity index is 1.19. The molecule has 1 aliphatic heterocycles. The lowest BCUT2D eigenvalue weighted by molar-refractivity contribution is -0.132. The zero-order valence-electron chi connectivity index (χ0n) is 17.6. The van der Waals surface area contributed by atoms with Crippen LogP contribution in [0.25, 0.3) is 10.9 Å². The van der Waals surface area contributed by atoms with Crippen LogP contribution in [0.5, 0.6) is 5.75 Å². The van der Waals surface area contributed by atoms with Crippen molar-refractivity contribution in [3.05, 3.63) is 59.8 Å². The highest BCUT2D eigenvalue weighted by atomic mass is 16.5. The molecule has 31 heavy (non-hydrogen) atoms. The summed E-state index contributed by atoms with van der Waals surface area (Å²) in [4.78, 5) is 29.1. The first-order valence-corrected chi connectivity index (χ1v) is 10.5.